The van der Waals surface area contributed by atoms with Crippen LogP contribution in [0, 0.1) is 0 Å². The lowest BCUT2D eigenvalue weighted by molar-refractivity contribution is 0.540. The minimum atomic E-state index is 0.914. The van der Waals surface area contributed by atoms with Crippen molar-refractivity contribution < 1.29 is 0 Å². The van der Waals surface area contributed by atoms with E-state index in [1.807, 2.05) is 19.0 Å². The summed E-state index contributed by atoms with van der Waals surface area (Å²) in [6, 6.07) is 0. The summed E-state index contributed by atoms with van der Waals surface area (Å²) in [6.45, 7) is 0. The molecule has 0 atom stereocenters. The van der Waals surface area contributed by atoms with E-state index in [2.05, 4.69) is 4.99 Å². The van der Waals surface area contributed by atoms with Crippen molar-refractivity contribution >= 4 is 6.21 Å². The Morgan fingerprint density at radius 2 is 2.11 bits per heavy atom. The summed E-state index contributed by atoms with van der Waals surface area (Å²) >= 11 is 0. The number of aliphatic imine (C=N–C) groups is 1. The Morgan fingerprint density at radius 3 is 2.22 bits per heavy atom. The molecule has 0 bridgehead atoms. The van der Waals surface area contributed by atoms with Crippen LogP contribution >= 0.6 is 0 Å². The van der Waals surface area contributed by atoms with Gasteiger partial charge in [0.1, 0.15) is 0 Å². The number of hydrogen-bond donors (Lipinski definition) is 1. The second kappa shape index (κ2) is 3.95. The van der Waals surface area contributed by atoms with Crippen molar-refractivity contribution in [3.63, 3.8) is 0 Å². The van der Waals surface area contributed by atoms with Crippen LogP contribution in [0.15, 0.2) is 16.9 Å². The number of rotatable bonds is 2. The van der Waals surface area contributed by atoms with Gasteiger partial charge in [0.2, 0.25) is 0 Å². The van der Waals surface area contributed by atoms with Gasteiger partial charge < -0.3 is 10.6 Å². The molecule has 2 N–H and O–H groups in total. The molecule has 0 amide bonds. The van der Waals surface area contributed by atoms with Gasteiger partial charge in [0, 0.05) is 33.6 Å². The maximum atomic E-state index is 5.26. The van der Waals surface area contributed by atoms with Crippen molar-refractivity contribution in [3.05, 3.63) is 11.9 Å². The van der Waals surface area contributed by atoms with Gasteiger partial charge in [-0.2, -0.15) is 0 Å². The van der Waals surface area contributed by atoms with E-state index < -0.39 is 0 Å². The maximum absolute atomic E-state index is 5.26. The monoisotopic (exact) mass is 127 g/mol. The van der Waals surface area contributed by atoms with E-state index in [4.69, 9.17) is 5.73 Å². The van der Waals surface area contributed by atoms with Gasteiger partial charge in [0.15, 0.2) is 0 Å². The van der Waals surface area contributed by atoms with Crippen LogP contribution < -0.4 is 5.73 Å². The first-order valence-corrected chi connectivity index (χ1v) is 2.73. The zero-order chi connectivity index (χ0) is 7.28. The lowest BCUT2D eigenvalue weighted by Gasteiger charge is -2.10. The summed E-state index contributed by atoms with van der Waals surface area (Å²) in [5.74, 6) is 0. The van der Waals surface area contributed by atoms with E-state index in [9.17, 15) is 0 Å². The van der Waals surface area contributed by atoms with Crippen LogP contribution in [0.2, 0.25) is 0 Å². The van der Waals surface area contributed by atoms with E-state index in [1.54, 1.807) is 13.3 Å². The Kier molecular flexibility index (Phi) is 3.51. The van der Waals surface area contributed by atoms with Gasteiger partial charge in [-0.15, -0.1) is 0 Å². The third-order valence-electron chi connectivity index (χ3n) is 0.949. The molecule has 0 fully saturated rings. The van der Waals surface area contributed by atoms with Gasteiger partial charge in [-0.05, 0) is 0 Å². The topological polar surface area (TPSA) is 41.6 Å². The molecule has 0 aliphatic rings. The van der Waals surface area contributed by atoms with Crippen LogP contribution in [0.4, 0.5) is 0 Å². The van der Waals surface area contributed by atoms with E-state index in [0.717, 1.165) is 5.70 Å². The summed E-state index contributed by atoms with van der Waals surface area (Å²) in [7, 11) is 5.55. The quantitative estimate of drug-likeness (QED) is 0.532. The van der Waals surface area contributed by atoms with E-state index >= 15 is 0 Å². The molecule has 0 heterocycles. The molecule has 0 unspecified atom stereocenters. The Balaban J connectivity index is 4.01. The second-order valence-electron chi connectivity index (χ2n) is 1.87. The molecular formula is C6H13N3. The lowest BCUT2D eigenvalue weighted by atomic mass is 10.5. The largest absolute Gasteiger partial charge is 0.403 e. The van der Waals surface area contributed by atoms with Gasteiger partial charge in [-0.1, -0.05) is 0 Å². The fourth-order valence-corrected chi connectivity index (χ4v) is 0.440. The summed E-state index contributed by atoms with van der Waals surface area (Å²) in [5.41, 5.74) is 6.18. The molecule has 0 saturated heterocycles. The van der Waals surface area contributed by atoms with Crippen LogP contribution in [-0.2, 0) is 0 Å². The molecule has 0 radical (unpaired) electrons. The smallest absolute Gasteiger partial charge is 0.0699 e. The van der Waals surface area contributed by atoms with Crippen LogP contribution in [0.3, 0.4) is 0 Å². The average Bonchev–Trinajstić information content (AvgIpc) is 1.82. The van der Waals surface area contributed by atoms with Crippen molar-refractivity contribution in [1.82, 2.24) is 4.90 Å². The highest BCUT2D eigenvalue weighted by Crippen LogP contribution is 1.89. The van der Waals surface area contributed by atoms with E-state index in [1.165, 1.54) is 6.20 Å². The SMILES string of the molecule is CN=C/C(=C\N)N(C)C. The fourth-order valence-electron chi connectivity index (χ4n) is 0.440. The highest BCUT2D eigenvalue weighted by Gasteiger charge is 1.90. The van der Waals surface area contributed by atoms with Crippen molar-refractivity contribution in [2.24, 2.45) is 10.7 Å². The first kappa shape index (κ1) is 8.01. The molecule has 0 aliphatic heterocycles. The highest BCUT2D eigenvalue weighted by molar-refractivity contribution is 5.77. The lowest BCUT2D eigenvalue weighted by Crippen LogP contribution is -2.13. The molecule has 0 aromatic carbocycles. The van der Waals surface area contributed by atoms with Crippen molar-refractivity contribution in [2.45, 2.75) is 0 Å². The van der Waals surface area contributed by atoms with Gasteiger partial charge in [-0.3, -0.25) is 4.99 Å². The normalized spacial score (nSPS) is 12.6. The molecule has 0 aliphatic carbocycles. The van der Waals surface area contributed by atoms with Gasteiger partial charge in [0.05, 0.1) is 5.70 Å². The highest BCUT2D eigenvalue weighted by atomic mass is 15.1. The summed E-state index contributed by atoms with van der Waals surface area (Å²) < 4.78 is 0. The van der Waals surface area contributed by atoms with E-state index in [-0.39, 0.29) is 0 Å². The molecule has 3 heteroatoms. The molecule has 0 rings (SSSR count). The molecule has 0 spiro atoms. The molecule has 52 valence electrons. The Morgan fingerprint density at radius 1 is 1.56 bits per heavy atom. The minimum Gasteiger partial charge on any atom is -0.403 e. The molecule has 0 saturated carbocycles. The number of allylic oxidation sites excluding steroid dienone is 1. The Labute approximate surface area is 55.9 Å². The van der Waals surface area contributed by atoms with Crippen LogP contribution in [0.5, 0.6) is 0 Å². The predicted octanol–water partition coefficient (Wildman–Crippen LogP) is 0.0487. The first-order chi connectivity index (χ1) is 4.22. The molecule has 9 heavy (non-hydrogen) atoms. The fraction of sp³-hybridized carbons (Fsp3) is 0.500. The van der Waals surface area contributed by atoms with Crippen LogP contribution in [0.1, 0.15) is 0 Å². The molecule has 0 aromatic heterocycles. The van der Waals surface area contributed by atoms with Gasteiger partial charge >= 0.3 is 0 Å². The van der Waals surface area contributed by atoms with Crippen molar-refractivity contribution in [2.75, 3.05) is 21.1 Å². The molecule has 3 nitrogen and oxygen atoms in total. The van der Waals surface area contributed by atoms with Crippen LogP contribution in [0.25, 0.3) is 0 Å². The third-order valence-corrected chi connectivity index (χ3v) is 0.949. The summed E-state index contributed by atoms with van der Waals surface area (Å²) in [4.78, 5) is 5.71. The Hall–Kier alpha value is -0.990. The standard InChI is InChI=1S/C6H13N3/c1-8-5-6(4-7)9(2)3/h4-5H,7H2,1-3H3/b6-4+,8-5?. The minimum absolute atomic E-state index is 0.914. The van der Waals surface area contributed by atoms with Crippen LogP contribution in [-0.4, -0.2) is 32.3 Å². The van der Waals surface area contributed by atoms with Gasteiger partial charge in [0.25, 0.3) is 0 Å². The number of nitrogens with two attached hydrogens (primary N) is 1. The first-order valence-electron chi connectivity index (χ1n) is 2.73. The zero-order valence-electron chi connectivity index (χ0n) is 6.13. The summed E-state index contributed by atoms with van der Waals surface area (Å²) in [5, 5.41) is 0. The van der Waals surface area contributed by atoms with Crippen molar-refractivity contribution in [1.29, 1.82) is 0 Å². The Bertz CT molecular complexity index is 124. The second-order valence-corrected chi connectivity index (χ2v) is 1.87. The zero-order valence-corrected chi connectivity index (χ0v) is 6.13. The molecular weight excluding hydrogens is 114 g/mol. The maximum Gasteiger partial charge on any atom is 0.0699 e. The predicted molar refractivity (Wildman–Crippen MR) is 40.4 cm³/mol. The third kappa shape index (κ3) is 2.74. The number of nitrogens with zero attached hydrogens (tertiary/aromatic N) is 2. The van der Waals surface area contributed by atoms with Gasteiger partial charge in [-0.25, -0.2) is 0 Å². The van der Waals surface area contributed by atoms with Crippen molar-refractivity contribution in [3.8, 4) is 0 Å². The van der Waals surface area contributed by atoms with E-state index in [0.29, 0.717) is 0 Å². The number of hydrogen-bond acceptors (Lipinski definition) is 3. The average molecular weight is 127 g/mol. The summed E-state index contributed by atoms with van der Waals surface area (Å²) in [6.07, 6.45) is 3.23. The molecule has 0 aromatic rings.